The molecular weight excluding hydrogens is 411 g/mol. The minimum atomic E-state index is -0.409. The summed E-state index contributed by atoms with van der Waals surface area (Å²) in [5, 5.41) is 2.04. The van der Waals surface area contributed by atoms with Crippen molar-refractivity contribution in [2.24, 2.45) is 10.8 Å². The van der Waals surface area contributed by atoms with Crippen LogP contribution in [0.25, 0.3) is 16.4 Å². The predicted octanol–water partition coefficient (Wildman–Crippen LogP) is 4.32. The molecule has 170 valence electrons. The highest BCUT2D eigenvalue weighted by Crippen LogP contribution is 2.91. The fourth-order valence-corrected chi connectivity index (χ4v) is 8.22. The van der Waals surface area contributed by atoms with Gasteiger partial charge in [-0.15, -0.1) is 0 Å². The number of benzene rings is 1. The topological polar surface area (TPSA) is 52.8 Å². The van der Waals surface area contributed by atoms with Crippen LogP contribution >= 0.6 is 0 Å². The van der Waals surface area contributed by atoms with Crippen LogP contribution in [0.1, 0.15) is 78.5 Å². The smallest absolute Gasteiger partial charge is 0.399 e. The van der Waals surface area contributed by atoms with Crippen molar-refractivity contribution in [3.8, 4) is 0 Å². The molecule has 3 aliphatic carbocycles. The molecule has 33 heavy (non-hydrogen) atoms. The van der Waals surface area contributed by atoms with E-state index in [4.69, 9.17) is 9.31 Å². The summed E-state index contributed by atoms with van der Waals surface area (Å²) in [4.78, 5) is 18.0. The van der Waals surface area contributed by atoms with E-state index in [0.29, 0.717) is 5.41 Å². The van der Waals surface area contributed by atoms with E-state index in [1.165, 1.54) is 12.1 Å². The van der Waals surface area contributed by atoms with E-state index >= 15 is 0 Å². The molecule has 0 bridgehead atoms. The molecule has 3 aromatic rings. The van der Waals surface area contributed by atoms with Gasteiger partial charge in [0.1, 0.15) is 5.65 Å². The van der Waals surface area contributed by atoms with Crippen molar-refractivity contribution < 1.29 is 9.31 Å². The second-order valence-electron chi connectivity index (χ2n) is 12.6. The zero-order chi connectivity index (χ0) is 23.3. The summed E-state index contributed by atoms with van der Waals surface area (Å²) in [6.07, 6.45) is 4.49. The van der Waals surface area contributed by atoms with Gasteiger partial charge in [-0.2, -0.15) is 4.98 Å². The van der Waals surface area contributed by atoms with Crippen LogP contribution in [0.3, 0.4) is 0 Å². The summed E-state index contributed by atoms with van der Waals surface area (Å²) < 4.78 is 14.7. The third-order valence-electron chi connectivity index (χ3n) is 10.5. The number of fused-ring (bicyclic) bond motifs is 6. The van der Waals surface area contributed by atoms with Crippen LogP contribution in [0, 0.1) is 10.8 Å². The van der Waals surface area contributed by atoms with E-state index in [-0.39, 0.29) is 33.5 Å². The first kappa shape index (κ1) is 20.2. The van der Waals surface area contributed by atoms with Gasteiger partial charge in [-0.3, -0.25) is 4.79 Å². The van der Waals surface area contributed by atoms with Gasteiger partial charge >= 0.3 is 7.12 Å². The highest BCUT2D eigenvalue weighted by molar-refractivity contribution is 6.62. The summed E-state index contributed by atoms with van der Waals surface area (Å²) in [7, 11) is -0.409. The molecule has 1 aliphatic heterocycles. The minimum absolute atomic E-state index is 0.0423. The van der Waals surface area contributed by atoms with E-state index in [0.717, 1.165) is 33.9 Å². The van der Waals surface area contributed by atoms with E-state index in [1.807, 2.05) is 0 Å². The number of rotatable bonds is 1. The van der Waals surface area contributed by atoms with Gasteiger partial charge in [-0.25, -0.2) is 0 Å². The lowest BCUT2D eigenvalue weighted by molar-refractivity contribution is 0.00578. The molecule has 5 nitrogen and oxygen atoms in total. The van der Waals surface area contributed by atoms with Crippen LogP contribution in [0.2, 0.25) is 0 Å². The lowest BCUT2D eigenvalue weighted by Gasteiger charge is -2.49. The summed E-state index contributed by atoms with van der Waals surface area (Å²) in [5.74, 6) is 0.273. The SMILES string of the molecule is CC1c2c(n3ccc4cc(B5OC(C)(C)C(C)(C)O5)ccc4c3nc2=O)C2(C)CC3(C)CC132. The van der Waals surface area contributed by atoms with Gasteiger partial charge in [0.05, 0.1) is 11.2 Å². The van der Waals surface area contributed by atoms with Crippen LogP contribution in [-0.4, -0.2) is 27.7 Å². The monoisotopic (exact) mass is 442 g/mol. The Morgan fingerprint density at radius 1 is 1.03 bits per heavy atom. The fraction of sp³-hybridized carbons (Fsp3) is 0.556. The maximum Gasteiger partial charge on any atom is 0.494 e. The fourth-order valence-electron chi connectivity index (χ4n) is 8.22. The summed E-state index contributed by atoms with van der Waals surface area (Å²) in [6, 6.07) is 8.39. The van der Waals surface area contributed by atoms with Gasteiger partial charge < -0.3 is 13.7 Å². The molecule has 2 aromatic heterocycles. The number of hydrogen-bond donors (Lipinski definition) is 0. The highest BCUT2D eigenvalue weighted by Gasteiger charge is 2.87. The number of hydrogen-bond acceptors (Lipinski definition) is 4. The van der Waals surface area contributed by atoms with Crippen LogP contribution in [0.4, 0.5) is 0 Å². The Kier molecular flexibility index (Phi) is 3.30. The quantitative estimate of drug-likeness (QED) is 0.416. The molecule has 2 saturated carbocycles. The van der Waals surface area contributed by atoms with Crippen LogP contribution < -0.4 is 11.0 Å². The van der Waals surface area contributed by atoms with Gasteiger partial charge in [0.15, 0.2) is 0 Å². The van der Waals surface area contributed by atoms with Crippen LogP contribution in [-0.2, 0) is 14.7 Å². The number of pyridine rings is 1. The zero-order valence-corrected chi connectivity index (χ0v) is 20.6. The molecule has 0 N–H and O–H groups in total. The van der Waals surface area contributed by atoms with Crippen LogP contribution in [0.15, 0.2) is 35.3 Å². The molecule has 1 aromatic carbocycles. The van der Waals surface area contributed by atoms with Gasteiger partial charge in [-0.05, 0) is 74.2 Å². The average molecular weight is 442 g/mol. The van der Waals surface area contributed by atoms with E-state index in [2.05, 4.69) is 88.3 Å². The van der Waals surface area contributed by atoms with Crippen molar-refractivity contribution in [3.63, 3.8) is 0 Å². The largest absolute Gasteiger partial charge is 0.494 e. The maximum absolute atomic E-state index is 13.4. The Morgan fingerprint density at radius 2 is 1.73 bits per heavy atom. The molecule has 3 heterocycles. The minimum Gasteiger partial charge on any atom is -0.399 e. The standard InChI is InChI=1S/C27H31BN2O3/c1-15-19-20(26(7)13-25(6)14-27(15,25)26)30-11-10-16-12-17(8-9-18(16)21(30)29-22(19)31)28-32-23(2,3)24(4,5)33-28/h8-12,15H,13-14H2,1-7H3. The highest BCUT2D eigenvalue weighted by atomic mass is 16.7. The maximum atomic E-state index is 13.4. The molecular formula is C27H31BN2O3. The number of nitrogens with zero attached hydrogens (tertiary/aromatic N) is 2. The van der Waals surface area contributed by atoms with Crippen molar-refractivity contribution in [3.05, 3.63) is 52.1 Å². The van der Waals surface area contributed by atoms with E-state index in [9.17, 15) is 4.79 Å². The lowest BCUT2D eigenvalue weighted by Crippen LogP contribution is -2.47. The Bertz CT molecular complexity index is 1460. The molecule has 3 fully saturated rings. The van der Waals surface area contributed by atoms with E-state index < -0.39 is 7.12 Å². The second kappa shape index (κ2) is 5.39. The van der Waals surface area contributed by atoms with Gasteiger partial charge in [-0.1, -0.05) is 39.0 Å². The number of aromatic nitrogens is 2. The second-order valence-corrected chi connectivity index (χ2v) is 12.6. The first-order valence-corrected chi connectivity index (χ1v) is 12.2. The Balaban J connectivity index is 1.40. The zero-order valence-electron chi connectivity index (χ0n) is 20.6. The molecule has 1 spiro atoms. The third-order valence-corrected chi connectivity index (χ3v) is 10.5. The van der Waals surface area contributed by atoms with Crippen molar-refractivity contribution in [1.82, 2.24) is 9.38 Å². The van der Waals surface area contributed by atoms with E-state index in [1.54, 1.807) is 0 Å². The van der Waals surface area contributed by atoms with Gasteiger partial charge in [0.25, 0.3) is 5.56 Å². The van der Waals surface area contributed by atoms with Crippen molar-refractivity contribution >= 4 is 29.0 Å². The van der Waals surface area contributed by atoms with Crippen LogP contribution in [0.5, 0.6) is 0 Å². The summed E-state index contributed by atoms with van der Waals surface area (Å²) >= 11 is 0. The molecule has 6 heteroatoms. The Labute approximate surface area is 194 Å². The van der Waals surface area contributed by atoms with Crippen molar-refractivity contribution in [2.75, 3.05) is 0 Å². The molecule has 4 atom stereocenters. The van der Waals surface area contributed by atoms with Crippen molar-refractivity contribution in [1.29, 1.82) is 0 Å². The molecule has 7 rings (SSSR count). The lowest BCUT2D eigenvalue weighted by atomic mass is 9.54. The molecule has 0 amide bonds. The first-order chi connectivity index (χ1) is 15.4. The predicted molar refractivity (Wildman–Crippen MR) is 130 cm³/mol. The Morgan fingerprint density at radius 3 is 2.36 bits per heavy atom. The van der Waals surface area contributed by atoms with Gasteiger partial charge in [0, 0.05) is 28.3 Å². The summed E-state index contributed by atoms with van der Waals surface area (Å²) in [6.45, 7) is 15.3. The van der Waals surface area contributed by atoms with Gasteiger partial charge in [0.2, 0.25) is 0 Å². The summed E-state index contributed by atoms with van der Waals surface area (Å²) in [5.41, 5.74) is 3.77. The normalized spacial score (nSPS) is 37.1. The average Bonchev–Trinajstić information content (AvgIpc) is 3.12. The molecule has 4 aliphatic rings. The molecule has 4 unspecified atom stereocenters. The third kappa shape index (κ3) is 2.02. The molecule has 0 radical (unpaired) electrons. The molecule has 1 saturated heterocycles. The van der Waals surface area contributed by atoms with Crippen molar-refractivity contribution in [2.45, 2.75) is 83.8 Å². The Hall–Kier alpha value is -2.18. The first-order valence-electron chi connectivity index (χ1n) is 12.2.